The fourth-order valence-corrected chi connectivity index (χ4v) is 4.21. The molecule has 1 aliphatic rings. The molecule has 22 heavy (non-hydrogen) atoms. The Labute approximate surface area is 144 Å². The maximum absolute atomic E-state index is 12.6. The van der Waals surface area contributed by atoms with E-state index in [1.807, 2.05) is 30.0 Å². The van der Waals surface area contributed by atoms with Crippen molar-refractivity contribution in [3.8, 4) is 0 Å². The van der Waals surface area contributed by atoms with Gasteiger partial charge in [0.25, 0.3) is 0 Å². The lowest BCUT2D eigenvalue weighted by molar-refractivity contribution is -0.118. The van der Waals surface area contributed by atoms with Gasteiger partial charge in [-0.3, -0.25) is 4.79 Å². The molecule has 0 saturated heterocycles. The maximum Gasteiger partial charge on any atom is 0.240 e. The third-order valence-electron chi connectivity index (χ3n) is 3.63. The molecule has 0 bridgehead atoms. The fraction of sp³-hybridized carbons (Fsp3) is 0.235. The zero-order valence-corrected chi connectivity index (χ0v) is 14.8. The molecule has 0 N–H and O–H groups in total. The summed E-state index contributed by atoms with van der Waals surface area (Å²) in [6.07, 6.45) is 2.06. The molecule has 0 aliphatic carbocycles. The Bertz CT molecular complexity index is 702. The molecule has 1 aliphatic heterocycles. The normalized spacial score (nSPS) is 17.5. The Hall–Kier alpha value is -1.10. The van der Waals surface area contributed by atoms with Crippen molar-refractivity contribution in [3.05, 3.63) is 53.1 Å². The number of halogens is 1. The van der Waals surface area contributed by atoms with Crippen LogP contribution in [0.2, 0.25) is 5.02 Å². The van der Waals surface area contributed by atoms with Crippen molar-refractivity contribution in [1.29, 1.82) is 0 Å². The minimum Gasteiger partial charge on any atom is -0.306 e. The van der Waals surface area contributed by atoms with E-state index in [0.29, 0.717) is 11.6 Å². The van der Waals surface area contributed by atoms with Crippen LogP contribution in [0.5, 0.6) is 0 Å². The maximum atomic E-state index is 12.6. The van der Waals surface area contributed by atoms with E-state index >= 15 is 0 Å². The summed E-state index contributed by atoms with van der Waals surface area (Å²) in [5.41, 5.74) is 2.08. The van der Waals surface area contributed by atoms with Crippen LogP contribution in [0.25, 0.3) is 0 Å². The molecule has 1 amide bonds. The van der Waals surface area contributed by atoms with E-state index in [4.69, 9.17) is 11.6 Å². The molecule has 1 atom stereocenters. The molecular weight excluding hydrogens is 334 g/mol. The number of thioether (sulfide) groups is 2. The SMILES string of the molecule is CSc1ccc(CN2C(=O)C(C)Sc3cc(Cl)ccc32)cc1. The summed E-state index contributed by atoms with van der Waals surface area (Å²) in [5, 5.41) is 0.619. The first-order valence-corrected chi connectivity index (χ1v) is 9.47. The topological polar surface area (TPSA) is 20.3 Å². The number of carbonyl (C=O) groups is 1. The van der Waals surface area contributed by atoms with E-state index in [1.54, 1.807) is 23.5 Å². The minimum atomic E-state index is -0.0866. The van der Waals surface area contributed by atoms with E-state index in [1.165, 1.54) is 4.90 Å². The molecule has 2 aromatic rings. The van der Waals surface area contributed by atoms with Crippen LogP contribution >= 0.6 is 35.1 Å². The van der Waals surface area contributed by atoms with Gasteiger partial charge < -0.3 is 4.90 Å². The lowest BCUT2D eigenvalue weighted by atomic mass is 10.1. The molecule has 0 radical (unpaired) electrons. The highest BCUT2D eigenvalue weighted by atomic mass is 35.5. The van der Waals surface area contributed by atoms with Crippen LogP contribution in [0.1, 0.15) is 12.5 Å². The summed E-state index contributed by atoms with van der Waals surface area (Å²) in [5.74, 6) is 0.147. The third kappa shape index (κ3) is 3.14. The molecule has 2 nitrogen and oxygen atoms in total. The summed E-state index contributed by atoms with van der Waals surface area (Å²) in [7, 11) is 0. The van der Waals surface area contributed by atoms with Gasteiger partial charge in [-0.15, -0.1) is 23.5 Å². The van der Waals surface area contributed by atoms with Gasteiger partial charge in [0.05, 0.1) is 17.5 Å². The molecule has 1 unspecified atom stereocenters. The van der Waals surface area contributed by atoms with E-state index < -0.39 is 0 Å². The van der Waals surface area contributed by atoms with Crippen molar-refractivity contribution >= 4 is 46.7 Å². The summed E-state index contributed by atoms with van der Waals surface area (Å²) in [6, 6.07) is 14.1. The Morgan fingerprint density at radius 1 is 1.23 bits per heavy atom. The Morgan fingerprint density at radius 3 is 2.64 bits per heavy atom. The standard InChI is InChI=1S/C17H16ClNOS2/c1-11-17(20)19(10-12-3-6-14(21-2)7-4-12)15-8-5-13(18)9-16(15)22-11/h3-9,11H,10H2,1-2H3. The van der Waals surface area contributed by atoms with Gasteiger partial charge >= 0.3 is 0 Å². The number of carbonyl (C=O) groups excluding carboxylic acids is 1. The molecule has 5 heteroatoms. The first-order valence-electron chi connectivity index (χ1n) is 6.99. The van der Waals surface area contributed by atoms with Gasteiger partial charge in [0.2, 0.25) is 5.91 Å². The highest BCUT2D eigenvalue weighted by molar-refractivity contribution is 8.01. The quantitative estimate of drug-likeness (QED) is 0.720. The van der Waals surface area contributed by atoms with Crippen LogP contribution in [0, 0.1) is 0 Å². The van der Waals surface area contributed by atoms with E-state index in [-0.39, 0.29) is 11.2 Å². The van der Waals surface area contributed by atoms with Gasteiger partial charge in [-0.2, -0.15) is 0 Å². The molecule has 0 fully saturated rings. The van der Waals surface area contributed by atoms with Crippen molar-refractivity contribution in [2.75, 3.05) is 11.2 Å². The third-order valence-corrected chi connectivity index (χ3v) is 5.74. The van der Waals surface area contributed by atoms with E-state index in [9.17, 15) is 4.79 Å². The molecule has 0 saturated carbocycles. The van der Waals surface area contributed by atoms with Gasteiger partial charge in [-0.1, -0.05) is 23.7 Å². The van der Waals surface area contributed by atoms with Gasteiger partial charge in [0.15, 0.2) is 0 Å². The zero-order valence-electron chi connectivity index (χ0n) is 12.4. The van der Waals surface area contributed by atoms with Crippen molar-refractivity contribution in [1.82, 2.24) is 0 Å². The fourth-order valence-electron chi connectivity index (χ4n) is 2.46. The van der Waals surface area contributed by atoms with Crippen LogP contribution < -0.4 is 4.90 Å². The van der Waals surface area contributed by atoms with Gasteiger partial charge in [-0.25, -0.2) is 0 Å². The number of fused-ring (bicyclic) bond motifs is 1. The first kappa shape index (κ1) is 15.8. The molecule has 1 heterocycles. The summed E-state index contributed by atoms with van der Waals surface area (Å²) < 4.78 is 0. The number of rotatable bonds is 3. The molecule has 0 aromatic heterocycles. The second kappa shape index (κ2) is 6.57. The number of nitrogens with zero attached hydrogens (tertiary/aromatic N) is 1. The molecule has 2 aromatic carbocycles. The minimum absolute atomic E-state index is 0.0866. The summed E-state index contributed by atoms with van der Waals surface area (Å²) >= 11 is 9.37. The Kier molecular flexibility index (Phi) is 4.71. The Morgan fingerprint density at radius 2 is 1.95 bits per heavy atom. The molecule has 3 rings (SSSR count). The Balaban J connectivity index is 1.92. The number of hydrogen-bond acceptors (Lipinski definition) is 3. The lowest BCUT2D eigenvalue weighted by Crippen LogP contribution is -2.39. The number of hydrogen-bond donors (Lipinski definition) is 0. The second-order valence-corrected chi connectivity index (χ2v) is 7.84. The predicted molar refractivity (Wildman–Crippen MR) is 96.2 cm³/mol. The highest BCUT2D eigenvalue weighted by Crippen LogP contribution is 2.41. The van der Waals surface area contributed by atoms with Crippen LogP contribution in [0.4, 0.5) is 5.69 Å². The predicted octanol–water partition coefficient (Wildman–Crippen LogP) is 5.09. The number of benzene rings is 2. The number of amides is 1. The zero-order chi connectivity index (χ0) is 15.7. The van der Waals surface area contributed by atoms with Crippen molar-refractivity contribution in [3.63, 3.8) is 0 Å². The largest absolute Gasteiger partial charge is 0.306 e. The molecular formula is C17H16ClNOS2. The smallest absolute Gasteiger partial charge is 0.240 e. The van der Waals surface area contributed by atoms with Gasteiger partial charge in [0.1, 0.15) is 0 Å². The van der Waals surface area contributed by atoms with Crippen molar-refractivity contribution in [2.45, 2.75) is 28.5 Å². The molecule has 114 valence electrons. The van der Waals surface area contributed by atoms with E-state index in [2.05, 4.69) is 30.5 Å². The lowest BCUT2D eigenvalue weighted by Gasteiger charge is -2.32. The van der Waals surface area contributed by atoms with Gasteiger partial charge in [0, 0.05) is 14.8 Å². The average Bonchev–Trinajstić information content (AvgIpc) is 2.52. The van der Waals surface area contributed by atoms with E-state index in [0.717, 1.165) is 16.1 Å². The van der Waals surface area contributed by atoms with Crippen LogP contribution in [0.3, 0.4) is 0 Å². The summed E-state index contributed by atoms with van der Waals surface area (Å²) in [4.78, 5) is 16.7. The van der Waals surface area contributed by atoms with Gasteiger partial charge in [-0.05, 0) is 49.1 Å². The van der Waals surface area contributed by atoms with Crippen LogP contribution in [-0.2, 0) is 11.3 Å². The number of anilines is 1. The monoisotopic (exact) mass is 349 g/mol. The average molecular weight is 350 g/mol. The highest BCUT2D eigenvalue weighted by Gasteiger charge is 2.30. The van der Waals surface area contributed by atoms with Crippen LogP contribution in [0.15, 0.2) is 52.3 Å². The first-order chi connectivity index (χ1) is 10.6. The van der Waals surface area contributed by atoms with Crippen molar-refractivity contribution in [2.24, 2.45) is 0 Å². The molecule has 0 spiro atoms. The second-order valence-electron chi connectivity index (χ2n) is 5.14. The van der Waals surface area contributed by atoms with Crippen LogP contribution in [-0.4, -0.2) is 17.4 Å². The van der Waals surface area contributed by atoms with Crippen molar-refractivity contribution < 1.29 is 4.79 Å². The summed E-state index contributed by atoms with van der Waals surface area (Å²) in [6.45, 7) is 2.54.